The maximum Gasteiger partial charge on any atom is 0.306 e. The average molecular weight is 1130 g/mol. The maximum absolute atomic E-state index is 12.3. The SMILES string of the molecule is CC/C=C\C/C=C\C/C=C\C/C=C\C/C=C\C/C=C\C/C=C\C/C=C\CCCCCCC(=O)OC(CO)COC(=O)CCCCCCCCCCCCCCCCCCCCCCCCCCCC/C=C\C/C=C\C/C=C\C/C=C\CC. The van der Waals surface area contributed by atoms with E-state index in [0.29, 0.717) is 12.8 Å². The number of allylic oxidation sites excluding steroid dienone is 24. The molecule has 5 heteroatoms. The first-order valence-corrected chi connectivity index (χ1v) is 34.4. The second-order valence-corrected chi connectivity index (χ2v) is 22.5. The molecular formula is C77H128O5. The van der Waals surface area contributed by atoms with Crippen LogP contribution in [0.15, 0.2) is 146 Å². The van der Waals surface area contributed by atoms with Crippen molar-refractivity contribution < 1.29 is 24.2 Å². The van der Waals surface area contributed by atoms with E-state index in [9.17, 15) is 14.7 Å². The van der Waals surface area contributed by atoms with Gasteiger partial charge in [0.15, 0.2) is 6.10 Å². The number of carbonyl (C=O) groups excluding carboxylic acids is 2. The normalized spacial score (nSPS) is 13.2. The molecule has 0 aliphatic heterocycles. The van der Waals surface area contributed by atoms with Crippen molar-refractivity contribution in [2.45, 2.75) is 315 Å². The number of aliphatic hydroxyl groups is 1. The first-order valence-electron chi connectivity index (χ1n) is 34.4. The number of unbranched alkanes of at least 4 members (excludes halogenated alkanes) is 30. The molecule has 0 radical (unpaired) electrons. The molecule has 0 aromatic rings. The molecule has 0 aliphatic rings. The molecule has 0 heterocycles. The average Bonchev–Trinajstić information content (AvgIpc) is 3.49. The molecule has 0 spiro atoms. The summed E-state index contributed by atoms with van der Waals surface area (Å²) in [6.45, 7) is 3.91. The van der Waals surface area contributed by atoms with Crippen molar-refractivity contribution >= 4 is 11.9 Å². The molecule has 0 amide bonds. The Morgan fingerprint density at radius 2 is 0.488 bits per heavy atom. The van der Waals surface area contributed by atoms with E-state index < -0.39 is 6.10 Å². The van der Waals surface area contributed by atoms with Gasteiger partial charge in [0.05, 0.1) is 6.61 Å². The van der Waals surface area contributed by atoms with Crippen molar-refractivity contribution in [1.29, 1.82) is 0 Å². The summed E-state index contributed by atoms with van der Waals surface area (Å²) in [5.41, 5.74) is 0. The quantitative estimate of drug-likeness (QED) is 0.0373. The summed E-state index contributed by atoms with van der Waals surface area (Å²) in [5, 5.41) is 9.69. The van der Waals surface area contributed by atoms with Crippen molar-refractivity contribution in [1.82, 2.24) is 0 Å². The number of hydrogen-bond acceptors (Lipinski definition) is 5. The lowest BCUT2D eigenvalue weighted by molar-refractivity contribution is -0.161. The first-order chi connectivity index (χ1) is 40.6. The lowest BCUT2D eigenvalue weighted by Gasteiger charge is -2.15. The molecule has 0 aliphatic carbocycles. The fourth-order valence-electron chi connectivity index (χ4n) is 9.57. The molecule has 0 fully saturated rings. The Labute approximate surface area is 508 Å². The zero-order valence-electron chi connectivity index (χ0n) is 53.5. The summed E-state index contributed by atoms with van der Waals surface area (Å²) >= 11 is 0. The molecule has 0 aromatic heterocycles. The third-order valence-electron chi connectivity index (χ3n) is 14.6. The minimum absolute atomic E-state index is 0.0815. The molecule has 0 rings (SSSR count). The highest BCUT2D eigenvalue weighted by atomic mass is 16.6. The Hall–Kier alpha value is -4.22. The molecule has 5 nitrogen and oxygen atoms in total. The van der Waals surface area contributed by atoms with Gasteiger partial charge in [0.2, 0.25) is 0 Å². The first kappa shape index (κ1) is 77.8. The van der Waals surface area contributed by atoms with E-state index in [-0.39, 0.29) is 25.2 Å². The number of carbonyl (C=O) groups is 2. The van der Waals surface area contributed by atoms with Gasteiger partial charge in [0.1, 0.15) is 6.61 Å². The van der Waals surface area contributed by atoms with Gasteiger partial charge in [-0.1, -0.05) is 327 Å². The van der Waals surface area contributed by atoms with E-state index in [4.69, 9.17) is 9.47 Å². The van der Waals surface area contributed by atoms with Crippen LogP contribution in [0, 0.1) is 0 Å². The molecular weight excluding hydrogens is 1000 g/mol. The van der Waals surface area contributed by atoms with Crippen LogP contribution in [0.1, 0.15) is 309 Å². The maximum atomic E-state index is 12.3. The Balaban J connectivity index is 3.50. The predicted octanol–water partition coefficient (Wildman–Crippen LogP) is 24.1. The molecule has 0 saturated carbocycles. The van der Waals surface area contributed by atoms with Crippen LogP contribution in [0.3, 0.4) is 0 Å². The Kier molecular flexibility index (Phi) is 67.4. The number of rotatable bonds is 62. The van der Waals surface area contributed by atoms with Crippen LogP contribution in [0.2, 0.25) is 0 Å². The van der Waals surface area contributed by atoms with E-state index in [0.717, 1.165) is 128 Å². The standard InChI is InChI=1S/C77H128O5/c1-3-5-7-9-11-13-15-17-19-21-23-25-27-29-31-33-34-35-36-37-38-39-40-41-42-44-45-47-49-51-53-55-57-59-61-63-65-67-69-71-76(79)81-74-75(73-78)82-77(80)72-70-68-66-64-62-60-58-56-54-52-50-48-46-43-32-30-28-26-24-22-20-18-16-14-12-10-8-6-4-2/h5-8,11-14,17-20,23-26,30,32,46,48,52,54,58,60,75,78H,3-4,9-10,15-16,21-22,27-29,31,33-45,47,49-51,53,55-57,59,61-74H2,1-2H3/b7-5-,8-6-,13-11-,14-12-,19-17-,20-18-,25-23-,26-24-,32-30-,48-46-,54-52-,60-58-. The molecule has 466 valence electrons. The van der Waals surface area contributed by atoms with Gasteiger partial charge in [0, 0.05) is 12.8 Å². The smallest absolute Gasteiger partial charge is 0.306 e. The summed E-state index contributed by atoms with van der Waals surface area (Å²) in [6.07, 6.45) is 107. The molecule has 0 bridgehead atoms. The second-order valence-electron chi connectivity index (χ2n) is 22.5. The van der Waals surface area contributed by atoms with Crippen LogP contribution in [0.5, 0.6) is 0 Å². The van der Waals surface area contributed by atoms with Gasteiger partial charge in [-0.3, -0.25) is 9.59 Å². The summed E-state index contributed by atoms with van der Waals surface area (Å²) in [6, 6.07) is 0. The predicted molar refractivity (Wildman–Crippen MR) is 361 cm³/mol. The third-order valence-corrected chi connectivity index (χ3v) is 14.6. The summed E-state index contributed by atoms with van der Waals surface area (Å²) in [5.74, 6) is -0.617. The molecule has 0 aromatic carbocycles. The van der Waals surface area contributed by atoms with Crippen LogP contribution in [-0.2, 0) is 19.1 Å². The van der Waals surface area contributed by atoms with Crippen LogP contribution in [0.25, 0.3) is 0 Å². The zero-order valence-corrected chi connectivity index (χ0v) is 53.5. The van der Waals surface area contributed by atoms with E-state index >= 15 is 0 Å². The lowest BCUT2D eigenvalue weighted by atomic mass is 10.0. The van der Waals surface area contributed by atoms with Crippen molar-refractivity contribution in [2.24, 2.45) is 0 Å². The van der Waals surface area contributed by atoms with Gasteiger partial charge in [-0.25, -0.2) is 0 Å². The van der Waals surface area contributed by atoms with E-state index in [1.54, 1.807) is 0 Å². The van der Waals surface area contributed by atoms with Gasteiger partial charge in [-0.05, 0) is 116 Å². The number of hydrogen-bond donors (Lipinski definition) is 1. The molecule has 1 N–H and O–H groups in total. The van der Waals surface area contributed by atoms with Crippen molar-refractivity contribution in [3.05, 3.63) is 146 Å². The zero-order chi connectivity index (χ0) is 59.1. The third kappa shape index (κ3) is 68.3. The second kappa shape index (κ2) is 71.0. The highest BCUT2D eigenvalue weighted by molar-refractivity contribution is 5.70. The Morgan fingerprint density at radius 3 is 0.732 bits per heavy atom. The van der Waals surface area contributed by atoms with Crippen LogP contribution in [-0.4, -0.2) is 36.4 Å². The summed E-state index contributed by atoms with van der Waals surface area (Å²) < 4.78 is 10.7. The van der Waals surface area contributed by atoms with E-state index in [1.807, 2.05) is 0 Å². The number of esters is 2. The molecule has 82 heavy (non-hydrogen) atoms. The lowest BCUT2D eigenvalue weighted by Crippen LogP contribution is -2.28. The topological polar surface area (TPSA) is 72.8 Å². The largest absolute Gasteiger partial charge is 0.462 e. The fourth-order valence-corrected chi connectivity index (χ4v) is 9.57. The van der Waals surface area contributed by atoms with Crippen molar-refractivity contribution in [3.63, 3.8) is 0 Å². The minimum atomic E-state index is -0.796. The van der Waals surface area contributed by atoms with E-state index in [2.05, 4.69) is 160 Å². The highest BCUT2D eigenvalue weighted by Crippen LogP contribution is 2.17. The van der Waals surface area contributed by atoms with Crippen LogP contribution >= 0.6 is 0 Å². The van der Waals surface area contributed by atoms with E-state index in [1.165, 1.54) is 154 Å². The van der Waals surface area contributed by atoms with Gasteiger partial charge in [0.25, 0.3) is 0 Å². The van der Waals surface area contributed by atoms with Crippen LogP contribution < -0.4 is 0 Å². The molecule has 1 unspecified atom stereocenters. The van der Waals surface area contributed by atoms with Gasteiger partial charge < -0.3 is 14.6 Å². The molecule has 1 atom stereocenters. The Morgan fingerprint density at radius 1 is 0.280 bits per heavy atom. The molecule has 0 saturated heterocycles. The van der Waals surface area contributed by atoms with Gasteiger partial charge >= 0.3 is 11.9 Å². The highest BCUT2D eigenvalue weighted by Gasteiger charge is 2.16. The number of ether oxygens (including phenoxy) is 2. The van der Waals surface area contributed by atoms with Crippen molar-refractivity contribution in [2.75, 3.05) is 13.2 Å². The Bertz CT molecular complexity index is 1710. The van der Waals surface area contributed by atoms with Gasteiger partial charge in [-0.2, -0.15) is 0 Å². The van der Waals surface area contributed by atoms with Crippen LogP contribution in [0.4, 0.5) is 0 Å². The fraction of sp³-hybridized carbons (Fsp3) is 0.662. The number of aliphatic hydroxyl groups excluding tert-OH is 1. The minimum Gasteiger partial charge on any atom is -0.462 e. The monoisotopic (exact) mass is 1130 g/mol. The summed E-state index contributed by atoms with van der Waals surface area (Å²) in [7, 11) is 0. The summed E-state index contributed by atoms with van der Waals surface area (Å²) in [4.78, 5) is 24.6. The van der Waals surface area contributed by atoms with Gasteiger partial charge in [-0.15, -0.1) is 0 Å². The van der Waals surface area contributed by atoms with Crippen molar-refractivity contribution in [3.8, 4) is 0 Å².